The van der Waals surface area contributed by atoms with E-state index in [1.807, 2.05) is 10.7 Å². The predicted molar refractivity (Wildman–Crippen MR) is 118 cm³/mol. The summed E-state index contributed by atoms with van der Waals surface area (Å²) in [6, 6.07) is 10.9. The van der Waals surface area contributed by atoms with E-state index in [9.17, 15) is 4.79 Å². The maximum atomic E-state index is 12.5. The Morgan fingerprint density at radius 2 is 2.13 bits per heavy atom. The highest BCUT2D eigenvalue weighted by Crippen LogP contribution is 2.36. The molecule has 4 atom stereocenters. The molecule has 1 aromatic heterocycles. The van der Waals surface area contributed by atoms with Crippen molar-refractivity contribution in [1.82, 2.24) is 30.1 Å². The van der Waals surface area contributed by atoms with Crippen molar-refractivity contribution < 1.29 is 9.53 Å². The Balaban J connectivity index is 1.27. The molecule has 5 rings (SSSR count). The highest BCUT2D eigenvalue weighted by Gasteiger charge is 2.43. The van der Waals surface area contributed by atoms with Crippen molar-refractivity contribution in [3.63, 3.8) is 0 Å². The van der Waals surface area contributed by atoms with Gasteiger partial charge in [-0.15, -0.1) is 5.10 Å². The smallest absolute Gasteiger partial charge is 0.224 e. The van der Waals surface area contributed by atoms with Gasteiger partial charge in [0.2, 0.25) is 5.91 Å². The van der Waals surface area contributed by atoms with E-state index < -0.39 is 0 Å². The molecule has 4 heterocycles. The number of carbonyl (C=O) groups is 1. The second-order valence-corrected chi connectivity index (χ2v) is 8.91. The summed E-state index contributed by atoms with van der Waals surface area (Å²) < 4.78 is 7.01. The van der Waals surface area contributed by atoms with Gasteiger partial charge >= 0.3 is 0 Å². The number of benzene rings is 1. The lowest BCUT2D eigenvalue weighted by Gasteiger charge is -2.49. The third-order valence-electron chi connectivity index (χ3n) is 6.53. The van der Waals surface area contributed by atoms with Gasteiger partial charge in [-0.1, -0.05) is 35.5 Å². The van der Waals surface area contributed by atoms with Crippen LogP contribution >= 0.6 is 0 Å². The lowest BCUT2D eigenvalue weighted by atomic mass is 9.75. The second kappa shape index (κ2) is 10.3. The number of nitrogens with zero attached hydrogens (tertiary/aromatic N) is 5. The minimum atomic E-state index is 0.0970. The van der Waals surface area contributed by atoms with Crippen LogP contribution in [0.25, 0.3) is 0 Å². The van der Waals surface area contributed by atoms with Gasteiger partial charge in [-0.3, -0.25) is 19.3 Å². The molecule has 3 aliphatic rings. The molecule has 2 aromatic rings. The number of hydrogen-bond acceptors (Lipinski definition) is 6. The number of carbonyl (C=O) groups excluding carboxylic acids is 1. The Hall–Kier alpha value is -2.29. The summed E-state index contributed by atoms with van der Waals surface area (Å²) in [4.78, 5) is 17.3. The predicted octanol–water partition coefficient (Wildman–Crippen LogP) is 1.38. The Morgan fingerprint density at radius 1 is 1.29 bits per heavy atom. The van der Waals surface area contributed by atoms with Gasteiger partial charge in [-0.05, 0) is 37.9 Å². The van der Waals surface area contributed by atoms with Crippen LogP contribution in [0.2, 0.25) is 0 Å². The van der Waals surface area contributed by atoms with E-state index >= 15 is 0 Å². The van der Waals surface area contributed by atoms with Gasteiger partial charge in [-0.25, -0.2) is 0 Å². The molecular weight excluding hydrogens is 392 g/mol. The van der Waals surface area contributed by atoms with Crippen molar-refractivity contribution in [3.8, 4) is 0 Å². The van der Waals surface area contributed by atoms with E-state index in [2.05, 4.69) is 62.9 Å². The first-order valence-electron chi connectivity index (χ1n) is 11.2. The molecule has 1 amide bonds. The topological polar surface area (TPSA) is 75.5 Å². The van der Waals surface area contributed by atoms with E-state index in [1.54, 1.807) is 7.11 Å². The van der Waals surface area contributed by atoms with Crippen LogP contribution < -0.4 is 5.32 Å². The van der Waals surface area contributed by atoms with Crippen LogP contribution in [-0.2, 0) is 29.2 Å². The Labute approximate surface area is 184 Å². The fraction of sp³-hybridized carbons (Fsp3) is 0.609. The molecule has 1 aromatic carbocycles. The average molecular weight is 427 g/mol. The monoisotopic (exact) mass is 426 g/mol. The van der Waals surface area contributed by atoms with Crippen LogP contribution in [-0.4, -0.2) is 77.1 Å². The fourth-order valence-electron chi connectivity index (χ4n) is 4.98. The summed E-state index contributed by atoms with van der Waals surface area (Å²) in [5.41, 5.74) is 2.29. The summed E-state index contributed by atoms with van der Waals surface area (Å²) in [6.07, 6.45) is 4.22. The molecule has 3 aliphatic heterocycles. The molecule has 31 heavy (non-hydrogen) atoms. The van der Waals surface area contributed by atoms with Gasteiger partial charge in [0, 0.05) is 45.5 Å². The first-order chi connectivity index (χ1) is 15.1. The molecular formula is C23H34N6O2. The Kier molecular flexibility index (Phi) is 7.32. The van der Waals surface area contributed by atoms with Crippen LogP contribution in [0.3, 0.4) is 0 Å². The van der Waals surface area contributed by atoms with E-state index in [0.29, 0.717) is 25.1 Å². The summed E-state index contributed by atoms with van der Waals surface area (Å²) in [5.74, 6) is 0.729. The lowest BCUT2D eigenvalue weighted by Crippen LogP contribution is -2.58. The first kappa shape index (κ1) is 21.9. The van der Waals surface area contributed by atoms with E-state index in [0.717, 1.165) is 51.3 Å². The zero-order valence-corrected chi connectivity index (χ0v) is 18.6. The van der Waals surface area contributed by atoms with Gasteiger partial charge < -0.3 is 10.1 Å². The van der Waals surface area contributed by atoms with Crippen molar-refractivity contribution >= 4 is 5.91 Å². The van der Waals surface area contributed by atoms with Gasteiger partial charge in [0.1, 0.15) is 0 Å². The highest BCUT2D eigenvalue weighted by atomic mass is 16.5. The standard InChI is InChI=1S/C23H34N6O2/c1-27(13-18-6-4-3-5-7-18)14-20-15-29(26-25-20)16-21-12-19-8-10-28(21)17-22(19)23(30)24-9-11-31-2/h3-7,15,19,21-22H,8-14,16-17H2,1-2H3,(H,24,30)/t19-,21-,22+/m1/s1. The number of methoxy groups -OCH3 is 1. The summed E-state index contributed by atoms with van der Waals surface area (Å²) in [7, 11) is 3.76. The quantitative estimate of drug-likeness (QED) is 0.579. The zero-order chi connectivity index (χ0) is 21.6. The lowest BCUT2D eigenvalue weighted by molar-refractivity contribution is -0.133. The molecule has 3 fully saturated rings. The minimum Gasteiger partial charge on any atom is -0.383 e. The van der Waals surface area contributed by atoms with Crippen molar-refractivity contribution in [3.05, 3.63) is 47.8 Å². The van der Waals surface area contributed by atoms with Crippen molar-refractivity contribution in [2.45, 2.75) is 38.5 Å². The molecule has 168 valence electrons. The zero-order valence-electron chi connectivity index (χ0n) is 18.6. The van der Waals surface area contributed by atoms with Crippen molar-refractivity contribution in [2.75, 3.05) is 40.4 Å². The number of aromatic nitrogens is 3. The number of ether oxygens (including phenoxy) is 1. The maximum Gasteiger partial charge on any atom is 0.224 e. The summed E-state index contributed by atoms with van der Waals surface area (Å²) in [6.45, 7) is 5.56. The van der Waals surface area contributed by atoms with E-state index in [4.69, 9.17) is 4.74 Å². The molecule has 0 spiro atoms. The van der Waals surface area contributed by atoms with Crippen LogP contribution in [0.4, 0.5) is 0 Å². The molecule has 8 nitrogen and oxygen atoms in total. The van der Waals surface area contributed by atoms with E-state index in [1.165, 1.54) is 5.56 Å². The molecule has 0 aliphatic carbocycles. The number of piperidine rings is 3. The first-order valence-corrected chi connectivity index (χ1v) is 11.2. The van der Waals surface area contributed by atoms with Crippen LogP contribution in [0.5, 0.6) is 0 Å². The normalized spacial score (nSPS) is 25.1. The van der Waals surface area contributed by atoms with Gasteiger partial charge in [0.15, 0.2) is 0 Å². The Bertz CT molecular complexity index is 842. The van der Waals surface area contributed by atoms with Crippen molar-refractivity contribution in [1.29, 1.82) is 0 Å². The SMILES string of the molecule is COCCNC(=O)[C@H]1CN2CC[C@@H]1C[C@@H]2Cn1cc(CN(C)Cc2ccccc2)nn1. The number of rotatable bonds is 10. The molecule has 2 bridgehead atoms. The fourth-order valence-corrected chi connectivity index (χ4v) is 4.98. The molecule has 0 saturated carbocycles. The third-order valence-corrected chi connectivity index (χ3v) is 6.53. The summed E-state index contributed by atoms with van der Waals surface area (Å²) >= 11 is 0. The number of hydrogen-bond donors (Lipinski definition) is 1. The number of fused-ring (bicyclic) bond motifs is 3. The number of amides is 1. The highest BCUT2D eigenvalue weighted by molar-refractivity contribution is 5.79. The third kappa shape index (κ3) is 5.70. The second-order valence-electron chi connectivity index (χ2n) is 8.91. The van der Waals surface area contributed by atoms with Crippen molar-refractivity contribution in [2.24, 2.45) is 11.8 Å². The molecule has 1 unspecified atom stereocenters. The minimum absolute atomic E-state index is 0.0970. The average Bonchev–Trinajstić information content (AvgIpc) is 3.21. The molecule has 3 saturated heterocycles. The van der Waals surface area contributed by atoms with E-state index in [-0.39, 0.29) is 11.8 Å². The van der Waals surface area contributed by atoms with Gasteiger partial charge in [0.25, 0.3) is 0 Å². The van der Waals surface area contributed by atoms with Gasteiger partial charge in [-0.2, -0.15) is 0 Å². The van der Waals surface area contributed by atoms with Crippen LogP contribution in [0, 0.1) is 11.8 Å². The molecule has 0 radical (unpaired) electrons. The largest absolute Gasteiger partial charge is 0.383 e. The van der Waals surface area contributed by atoms with Crippen LogP contribution in [0.15, 0.2) is 36.5 Å². The Morgan fingerprint density at radius 3 is 2.87 bits per heavy atom. The maximum absolute atomic E-state index is 12.5. The molecule has 8 heteroatoms. The number of nitrogens with one attached hydrogen (secondary N) is 1. The molecule has 1 N–H and O–H groups in total. The van der Waals surface area contributed by atoms with Crippen LogP contribution in [0.1, 0.15) is 24.1 Å². The van der Waals surface area contributed by atoms with Gasteiger partial charge in [0.05, 0.1) is 24.8 Å². The summed E-state index contributed by atoms with van der Waals surface area (Å²) in [5, 5.41) is 11.8.